The van der Waals surface area contributed by atoms with E-state index in [2.05, 4.69) is 9.97 Å². The fourth-order valence-corrected chi connectivity index (χ4v) is 6.34. The molecule has 1 amide bonds. The third-order valence-corrected chi connectivity index (χ3v) is 9.01. The second-order valence-corrected chi connectivity index (χ2v) is 11.2. The SMILES string of the molecule is O=C1COC2(CCN(S(=O)(=O)c3ccc(-c4ccc5cc[nH]c5c4)nc3)CC2)CN1C1CC1. The number of carbonyl (C=O) groups is 1. The number of sulfonamides is 1. The highest BCUT2D eigenvalue weighted by molar-refractivity contribution is 7.89. The molecule has 0 atom stereocenters. The van der Waals surface area contributed by atoms with Gasteiger partial charge in [0.1, 0.15) is 11.5 Å². The molecule has 9 heteroatoms. The largest absolute Gasteiger partial charge is 0.363 e. The monoisotopic (exact) mass is 466 g/mol. The Morgan fingerprint density at radius 2 is 1.91 bits per heavy atom. The topological polar surface area (TPSA) is 95.6 Å². The van der Waals surface area contributed by atoms with E-state index in [1.165, 1.54) is 10.5 Å². The number of H-pyrrole nitrogens is 1. The minimum Gasteiger partial charge on any atom is -0.363 e. The van der Waals surface area contributed by atoms with Gasteiger partial charge in [-0.25, -0.2) is 8.42 Å². The van der Waals surface area contributed by atoms with Crippen LogP contribution in [-0.2, 0) is 19.6 Å². The number of rotatable bonds is 4. The number of morpholine rings is 1. The number of amides is 1. The molecule has 172 valence electrons. The molecule has 3 fully saturated rings. The molecule has 1 spiro atoms. The molecular weight excluding hydrogens is 440 g/mol. The maximum absolute atomic E-state index is 13.3. The van der Waals surface area contributed by atoms with E-state index in [1.807, 2.05) is 35.4 Å². The molecule has 1 N–H and O–H groups in total. The highest BCUT2D eigenvalue weighted by Gasteiger charge is 2.47. The molecule has 0 radical (unpaired) electrons. The maximum atomic E-state index is 13.3. The van der Waals surface area contributed by atoms with Crippen molar-refractivity contribution in [3.8, 4) is 11.3 Å². The molecule has 3 aliphatic rings. The van der Waals surface area contributed by atoms with Gasteiger partial charge in [0.25, 0.3) is 0 Å². The molecule has 6 rings (SSSR count). The molecule has 2 aliphatic heterocycles. The van der Waals surface area contributed by atoms with Crippen LogP contribution in [0.15, 0.2) is 53.7 Å². The van der Waals surface area contributed by atoms with Gasteiger partial charge in [-0.3, -0.25) is 9.78 Å². The van der Waals surface area contributed by atoms with Crippen LogP contribution in [0.2, 0.25) is 0 Å². The summed E-state index contributed by atoms with van der Waals surface area (Å²) in [5, 5.41) is 1.12. The van der Waals surface area contributed by atoms with Crippen molar-refractivity contribution in [2.45, 2.75) is 42.2 Å². The standard InChI is InChI=1S/C24H26N4O4S/c29-23-15-32-24(16-28(23)19-3-4-19)8-11-27(12-9-24)33(30,31)20-5-6-21(26-14-20)18-2-1-17-7-10-25-22(17)13-18/h1-2,5-7,10,13-14,19,25H,3-4,8-9,11-12,15-16H2. The number of nitrogens with zero attached hydrogens (tertiary/aromatic N) is 3. The summed E-state index contributed by atoms with van der Waals surface area (Å²) in [5.41, 5.74) is 2.24. The Balaban J connectivity index is 1.16. The molecule has 2 aromatic heterocycles. The van der Waals surface area contributed by atoms with Crippen molar-refractivity contribution in [1.29, 1.82) is 0 Å². The highest BCUT2D eigenvalue weighted by Crippen LogP contribution is 2.37. The predicted molar refractivity (Wildman–Crippen MR) is 123 cm³/mol. The highest BCUT2D eigenvalue weighted by atomic mass is 32.2. The lowest BCUT2D eigenvalue weighted by Gasteiger charge is -2.46. The number of nitrogens with one attached hydrogen (secondary N) is 1. The molecule has 1 aromatic carbocycles. The normalized spacial score (nSPS) is 21.7. The van der Waals surface area contributed by atoms with Gasteiger partial charge in [-0.15, -0.1) is 0 Å². The van der Waals surface area contributed by atoms with Crippen LogP contribution in [0.1, 0.15) is 25.7 Å². The van der Waals surface area contributed by atoms with E-state index in [4.69, 9.17) is 4.74 Å². The Morgan fingerprint density at radius 1 is 1.09 bits per heavy atom. The fourth-order valence-electron chi connectivity index (χ4n) is 4.96. The first-order valence-corrected chi connectivity index (χ1v) is 12.8. The number of piperidine rings is 1. The quantitative estimate of drug-likeness (QED) is 0.638. The zero-order chi connectivity index (χ0) is 22.6. The van der Waals surface area contributed by atoms with E-state index in [9.17, 15) is 13.2 Å². The lowest BCUT2D eigenvalue weighted by molar-refractivity contribution is -0.170. The number of hydrogen-bond donors (Lipinski definition) is 1. The van der Waals surface area contributed by atoms with Crippen molar-refractivity contribution in [3.63, 3.8) is 0 Å². The molecule has 2 saturated heterocycles. The zero-order valence-corrected chi connectivity index (χ0v) is 19.1. The molecule has 33 heavy (non-hydrogen) atoms. The van der Waals surface area contributed by atoms with Gasteiger partial charge in [0.2, 0.25) is 15.9 Å². The summed E-state index contributed by atoms with van der Waals surface area (Å²) in [5.74, 6) is 0.0553. The number of hydrogen-bond acceptors (Lipinski definition) is 5. The van der Waals surface area contributed by atoms with Crippen LogP contribution in [0, 0.1) is 0 Å². The van der Waals surface area contributed by atoms with Crippen LogP contribution in [0.25, 0.3) is 22.2 Å². The Labute approximate surface area is 192 Å². The van der Waals surface area contributed by atoms with E-state index < -0.39 is 15.6 Å². The van der Waals surface area contributed by atoms with Crippen molar-refractivity contribution in [2.24, 2.45) is 0 Å². The maximum Gasteiger partial charge on any atom is 0.248 e. The zero-order valence-electron chi connectivity index (χ0n) is 18.2. The van der Waals surface area contributed by atoms with Crippen LogP contribution in [0.3, 0.4) is 0 Å². The van der Waals surface area contributed by atoms with Gasteiger partial charge < -0.3 is 14.6 Å². The van der Waals surface area contributed by atoms with Crippen LogP contribution >= 0.6 is 0 Å². The smallest absolute Gasteiger partial charge is 0.248 e. The lowest BCUT2D eigenvalue weighted by Crippen LogP contribution is -2.59. The Bertz CT molecular complexity index is 1310. The summed E-state index contributed by atoms with van der Waals surface area (Å²) in [6.07, 6.45) is 6.63. The fraction of sp³-hybridized carbons (Fsp3) is 0.417. The van der Waals surface area contributed by atoms with Gasteiger partial charge in [-0.1, -0.05) is 12.1 Å². The number of carbonyl (C=O) groups excluding carboxylic acids is 1. The number of benzene rings is 1. The van der Waals surface area contributed by atoms with E-state index >= 15 is 0 Å². The average Bonchev–Trinajstić information content (AvgIpc) is 3.57. The first-order chi connectivity index (χ1) is 15.9. The van der Waals surface area contributed by atoms with Gasteiger partial charge in [-0.2, -0.15) is 4.31 Å². The molecule has 3 aromatic rings. The van der Waals surface area contributed by atoms with Crippen LogP contribution in [-0.4, -0.2) is 71.4 Å². The van der Waals surface area contributed by atoms with Crippen molar-refractivity contribution in [3.05, 3.63) is 48.8 Å². The molecule has 1 saturated carbocycles. The molecule has 0 bridgehead atoms. The van der Waals surface area contributed by atoms with E-state index in [0.29, 0.717) is 38.5 Å². The first-order valence-electron chi connectivity index (χ1n) is 11.4. The first kappa shape index (κ1) is 20.8. The summed E-state index contributed by atoms with van der Waals surface area (Å²) < 4.78 is 34.0. The molecule has 1 aliphatic carbocycles. The summed E-state index contributed by atoms with van der Waals surface area (Å²) in [7, 11) is -3.64. The van der Waals surface area contributed by atoms with Gasteiger partial charge in [-0.05, 0) is 55.3 Å². The summed E-state index contributed by atoms with van der Waals surface area (Å²) in [4.78, 5) is 21.9. The third-order valence-electron chi connectivity index (χ3n) is 7.13. The van der Waals surface area contributed by atoms with Crippen LogP contribution < -0.4 is 0 Å². The Hall–Kier alpha value is -2.75. The summed E-state index contributed by atoms with van der Waals surface area (Å²) in [6, 6.07) is 11.7. The van der Waals surface area contributed by atoms with Gasteiger partial charge >= 0.3 is 0 Å². The van der Waals surface area contributed by atoms with Crippen molar-refractivity contribution >= 4 is 26.8 Å². The second-order valence-electron chi connectivity index (χ2n) is 9.29. The summed E-state index contributed by atoms with van der Waals surface area (Å²) >= 11 is 0. The van der Waals surface area contributed by atoms with Gasteiger partial charge in [0.05, 0.1) is 17.8 Å². The van der Waals surface area contributed by atoms with E-state index in [1.54, 1.807) is 12.1 Å². The van der Waals surface area contributed by atoms with Crippen LogP contribution in [0.5, 0.6) is 0 Å². The number of fused-ring (bicyclic) bond motifs is 1. The van der Waals surface area contributed by atoms with Crippen molar-refractivity contribution < 1.29 is 17.9 Å². The number of ether oxygens (including phenoxy) is 1. The Kier molecular flexibility index (Phi) is 4.83. The molecular formula is C24H26N4O4S. The van der Waals surface area contributed by atoms with Crippen molar-refractivity contribution in [1.82, 2.24) is 19.2 Å². The second kappa shape index (κ2) is 7.65. The van der Waals surface area contributed by atoms with Crippen molar-refractivity contribution in [2.75, 3.05) is 26.2 Å². The van der Waals surface area contributed by atoms with Gasteiger partial charge in [0.15, 0.2) is 0 Å². The van der Waals surface area contributed by atoms with Crippen LogP contribution in [0.4, 0.5) is 0 Å². The molecule has 4 heterocycles. The van der Waals surface area contributed by atoms with E-state index in [-0.39, 0.29) is 17.4 Å². The van der Waals surface area contributed by atoms with E-state index in [0.717, 1.165) is 35.0 Å². The average molecular weight is 467 g/mol. The number of pyridine rings is 1. The van der Waals surface area contributed by atoms with Gasteiger partial charge in [0, 0.05) is 42.6 Å². The Morgan fingerprint density at radius 3 is 2.64 bits per heavy atom. The summed E-state index contributed by atoms with van der Waals surface area (Å²) in [6.45, 7) is 1.43. The minimum atomic E-state index is -3.64. The minimum absolute atomic E-state index is 0.0553. The lowest BCUT2D eigenvalue weighted by atomic mass is 9.90. The molecule has 0 unspecified atom stereocenters. The predicted octanol–water partition coefficient (Wildman–Crippen LogP) is 2.77. The molecule has 8 nitrogen and oxygen atoms in total. The number of aromatic nitrogens is 2. The number of aromatic amines is 1. The third kappa shape index (κ3) is 3.74.